The van der Waals surface area contributed by atoms with Crippen molar-refractivity contribution in [3.05, 3.63) is 58.0 Å². The maximum absolute atomic E-state index is 15.0. The van der Waals surface area contributed by atoms with Crippen LogP contribution in [-0.4, -0.2) is 46.5 Å². The van der Waals surface area contributed by atoms with Crippen molar-refractivity contribution in [3.8, 4) is 0 Å². The van der Waals surface area contributed by atoms with Crippen LogP contribution in [0.5, 0.6) is 0 Å². The minimum absolute atomic E-state index is 0.0121. The molecule has 2 aliphatic heterocycles. The van der Waals surface area contributed by atoms with Gasteiger partial charge in [-0.05, 0) is 38.2 Å². The Hall–Kier alpha value is -2.61. The molecule has 0 aliphatic carbocycles. The monoisotopic (exact) mass is 459 g/mol. The first-order valence-electron chi connectivity index (χ1n) is 11.1. The molecule has 2 aliphatic rings. The summed E-state index contributed by atoms with van der Waals surface area (Å²) in [5, 5.41) is 2.51. The fourth-order valence-corrected chi connectivity index (χ4v) is 4.96. The second kappa shape index (κ2) is 10.8. The predicted octanol–water partition coefficient (Wildman–Crippen LogP) is 5.00. The third-order valence-corrected chi connectivity index (χ3v) is 6.26. The fourth-order valence-electron chi connectivity index (χ4n) is 4.00. The number of aliphatic imine (C=N–C) groups is 1. The van der Waals surface area contributed by atoms with Gasteiger partial charge in [-0.3, -0.25) is 4.79 Å². The number of halogens is 1. The number of amides is 1. The average molecular weight is 460 g/mol. The van der Waals surface area contributed by atoms with E-state index in [4.69, 9.17) is 4.74 Å². The van der Waals surface area contributed by atoms with Gasteiger partial charge in [0.1, 0.15) is 5.82 Å². The molecule has 2 heterocycles. The topological polar surface area (TPSA) is 62.2 Å². The van der Waals surface area contributed by atoms with Crippen LogP contribution in [0.15, 0.2) is 51.6 Å². The quantitative estimate of drug-likeness (QED) is 0.486. The van der Waals surface area contributed by atoms with E-state index >= 15 is 0 Å². The lowest BCUT2D eigenvalue weighted by molar-refractivity contribution is -0.139. The standard InChI is InChI=1S/C24H30FN3O3S/c1-5-12-27(13-6-2)20(29)14-17-15-32-24-26-16(4)21(23(30)31-7-3)22(28(17)24)18-10-8-9-11-19(18)25/h8-11,15,22H,5-7,12-14H2,1-4H3/t22-/m1/s1. The molecule has 1 amide bonds. The molecular formula is C24H30FN3O3S. The van der Waals surface area contributed by atoms with Crippen molar-refractivity contribution >= 4 is 28.8 Å². The molecule has 0 bridgehead atoms. The molecule has 32 heavy (non-hydrogen) atoms. The van der Waals surface area contributed by atoms with Crippen LogP contribution in [0.25, 0.3) is 0 Å². The molecule has 1 aromatic carbocycles. The Bertz CT molecular complexity index is 967. The Morgan fingerprint density at radius 1 is 1.19 bits per heavy atom. The highest BCUT2D eigenvalue weighted by molar-refractivity contribution is 8.16. The average Bonchev–Trinajstić information content (AvgIpc) is 3.15. The lowest BCUT2D eigenvalue weighted by Gasteiger charge is -2.36. The van der Waals surface area contributed by atoms with Crippen LogP contribution in [0.3, 0.4) is 0 Å². The number of allylic oxidation sites excluding steroid dienone is 1. The van der Waals surface area contributed by atoms with Crippen LogP contribution < -0.4 is 0 Å². The zero-order valence-corrected chi connectivity index (χ0v) is 19.9. The molecule has 0 spiro atoms. The number of amidine groups is 1. The molecule has 1 atom stereocenters. The van der Waals surface area contributed by atoms with Gasteiger partial charge in [0.15, 0.2) is 5.17 Å². The normalized spacial score (nSPS) is 17.7. The Labute approximate surface area is 193 Å². The first-order valence-corrected chi connectivity index (χ1v) is 11.9. The minimum atomic E-state index is -0.748. The van der Waals surface area contributed by atoms with Gasteiger partial charge < -0.3 is 14.5 Å². The van der Waals surface area contributed by atoms with Crippen molar-refractivity contribution in [1.82, 2.24) is 9.80 Å². The Balaban J connectivity index is 2.01. The number of carbonyl (C=O) groups excluding carboxylic acids is 2. The van der Waals surface area contributed by atoms with E-state index < -0.39 is 17.8 Å². The molecule has 3 rings (SSSR count). The zero-order chi connectivity index (χ0) is 23.3. The van der Waals surface area contributed by atoms with Gasteiger partial charge in [-0.1, -0.05) is 43.8 Å². The summed E-state index contributed by atoms with van der Waals surface area (Å²) in [4.78, 5) is 34.2. The second-order valence-corrected chi connectivity index (χ2v) is 8.53. The van der Waals surface area contributed by atoms with Gasteiger partial charge in [-0.2, -0.15) is 0 Å². The number of benzene rings is 1. The SMILES string of the molecule is CCCN(CCC)C(=O)CC1=CSC2=NC(C)=C(C(=O)OCC)[C@@H](c3ccccc3F)N12. The first-order chi connectivity index (χ1) is 15.4. The van der Waals surface area contributed by atoms with Crippen LogP contribution in [0.1, 0.15) is 58.6 Å². The van der Waals surface area contributed by atoms with Crippen LogP contribution in [-0.2, 0) is 14.3 Å². The van der Waals surface area contributed by atoms with Gasteiger partial charge in [-0.25, -0.2) is 14.2 Å². The molecule has 6 nitrogen and oxygen atoms in total. The summed E-state index contributed by atoms with van der Waals surface area (Å²) in [5.74, 6) is -0.935. The Morgan fingerprint density at radius 3 is 2.50 bits per heavy atom. The van der Waals surface area contributed by atoms with E-state index in [1.807, 2.05) is 29.1 Å². The Morgan fingerprint density at radius 2 is 1.88 bits per heavy atom. The lowest BCUT2D eigenvalue weighted by Crippen LogP contribution is -2.39. The van der Waals surface area contributed by atoms with Gasteiger partial charge in [-0.15, -0.1) is 0 Å². The molecule has 0 unspecified atom stereocenters. The van der Waals surface area contributed by atoms with E-state index in [9.17, 15) is 14.0 Å². The van der Waals surface area contributed by atoms with Crippen molar-refractivity contribution in [1.29, 1.82) is 0 Å². The molecule has 172 valence electrons. The summed E-state index contributed by atoms with van der Waals surface area (Å²) in [6, 6.07) is 5.65. The summed E-state index contributed by atoms with van der Waals surface area (Å²) in [7, 11) is 0. The molecule has 0 fully saturated rings. The van der Waals surface area contributed by atoms with Crippen molar-refractivity contribution in [2.75, 3.05) is 19.7 Å². The van der Waals surface area contributed by atoms with Crippen molar-refractivity contribution in [2.24, 2.45) is 4.99 Å². The smallest absolute Gasteiger partial charge is 0.338 e. The maximum atomic E-state index is 15.0. The number of fused-ring (bicyclic) bond motifs is 1. The zero-order valence-electron chi connectivity index (χ0n) is 19.1. The molecule has 1 aromatic rings. The number of ether oxygens (including phenoxy) is 1. The maximum Gasteiger partial charge on any atom is 0.338 e. The number of hydrogen-bond acceptors (Lipinski definition) is 6. The highest BCUT2D eigenvalue weighted by Crippen LogP contribution is 2.45. The van der Waals surface area contributed by atoms with E-state index in [-0.39, 0.29) is 18.9 Å². The molecule has 0 saturated carbocycles. The minimum Gasteiger partial charge on any atom is -0.463 e. The van der Waals surface area contributed by atoms with Crippen LogP contribution in [0.2, 0.25) is 0 Å². The van der Waals surface area contributed by atoms with Crippen molar-refractivity contribution in [3.63, 3.8) is 0 Å². The van der Waals surface area contributed by atoms with Crippen LogP contribution in [0.4, 0.5) is 4.39 Å². The number of nitrogens with zero attached hydrogens (tertiary/aromatic N) is 3. The first kappa shape index (κ1) is 24.0. The third-order valence-electron chi connectivity index (χ3n) is 5.37. The molecule has 0 radical (unpaired) electrons. The van der Waals surface area contributed by atoms with Crippen LogP contribution in [0, 0.1) is 5.82 Å². The number of esters is 1. The molecular weight excluding hydrogens is 429 g/mol. The van der Waals surface area contributed by atoms with E-state index in [1.165, 1.54) is 17.8 Å². The fraction of sp³-hybridized carbons (Fsp3) is 0.458. The highest BCUT2D eigenvalue weighted by Gasteiger charge is 2.42. The van der Waals surface area contributed by atoms with Gasteiger partial charge in [0.2, 0.25) is 5.91 Å². The van der Waals surface area contributed by atoms with Crippen LogP contribution >= 0.6 is 11.8 Å². The number of thioether (sulfide) groups is 1. The van der Waals surface area contributed by atoms with Gasteiger partial charge in [0.25, 0.3) is 0 Å². The number of carbonyl (C=O) groups is 2. The summed E-state index contributed by atoms with van der Waals surface area (Å²) in [5.41, 5.74) is 1.84. The summed E-state index contributed by atoms with van der Waals surface area (Å²) in [6.07, 6.45) is 1.91. The third kappa shape index (κ3) is 4.90. The molecule has 0 saturated heterocycles. The summed E-state index contributed by atoms with van der Waals surface area (Å²) < 4.78 is 20.3. The second-order valence-electron chi connectivity index (χ2n) is 7.69. The lowest BCUT2D eigenvalue weighted by atomic mass is 9.93. The van der Waals surface area contributed by atoms with Gasteiger partial charge in [0, 0.05) is 24.4 Å². The van der Waals surface area contributed by atoms with E-state index in [0.29, 0.717) is 40.8 Å². The number of rotatable bonds is 9. The van der Waals surface area contributed by atoms with Gasteiger partial charge in [0.05, 0.1) is 30.3 Å². The Kier molecular flexibility index (Phi) is 8.12. The number of hydrogen-bond donors (Lipinski definition) is 0. The molecule has 0 N–H and O–H groups in total. The van der Waals surface area contributed by atoms with E-state index in [0.717, 1.165) is 12.8 Å². The molecule has 0 aromatic heterocycles. The molecule has 8 heteroatoms. The highest BCUT2D eigenvalue weighted by atomic mass is 32.2. The van der Waals surface area contributed by atoms with Crippen molar-refractivity contribution in [2.45, 2.75) is 53.0 Å². The van der Waals surface area contributed by atoms with Crippen molar-refractivity contribution < 1.29 is 18.7 Å². The largest absolute Gasteiger partial charge is 0.463 e. The summed E-state index contributed by atoms with van der Waals surface area (Å²) in [6.45, 7) is 9.14. The van der Waals surface area contributed by atoms with E-state index in [2.05, 4.69) is 4.99 Å². The predicted molar refractivity (Wildman–Crippen MR) is 125 cm³/mol. The van der Waals surface area contributed by atoms with Gasteiger partial charge >= 0.3 is 5.97 Å². The van der Waals surface area contributed by atoms with E-state index in [1.54, 1.807) is 32.0 Å². The summed E-state index contributed by atoms with van der Waals surface area (Å²) >= 11 is 1.38.